The molecular formula is C3H5IN2S2. The predicted molar refractivity (Wildman–Crippen MR) is 31.7 cm³/mol. The Morgan fingerprint density at radius 2 is 2.12 bits per heavy atom. The van der Waals surface area contributed by atoms with Gasteiger partial charge >= 0.3 is 0 Å². The molecule has 0 bridgehead atoms. The Bertz CT molecular complexity index is 203. The zero-order chi connectivity index (χ0) is 5.28. The van der Waals surface area contributed by atoms with Crippen LogP contribution in [0.3, 0.4) is 0 Å². The predicted octanol–water partition coefficient (Wildman–Crippen LogP) is -3.94. The Hall–Kier alpha value is 0.380. The van der Waals surface area contributed by atoms with Crippen LogP contribution in [0.15, 0.2) is 6.07 Å². The van der Waals surface area contributed by atoms with Crippen LogP contribution < -0.4 is 39.8 Å². The normalized spacial score (nSPS) is 8.00. The highest BCUT2D eigenvalue weighted by Crippen LogP contribution is 2.09. The smallest absolute Gasteiger partial charge is 0.265 e. The van der Waals surface area contributed by atoms with E-state index >= 15 is 0 Å². The standard InChI is InChI=1S/C3H4N2S2.HI/c4-2-1-3(5)7-6-2;/h1,4H,5H2;1H. The van der Waals surface area contributed by atoms with Gasteiger partial charge in [0.1, 0.15) is 5.00 Å². The van der Waals surface area contributed by atoms with E-state index in [0.29, 0.717) is 0 Å². The van der Waals surface area contributed by atoms with Crippen LogP contribution in [0.4, 0.5) is 5.00 Å². The van der Waals surface area contributed by atoms with Gasteiger partial charge in [-0.3, -0.25) is 0 Å². The molecule has 46 valence electrons. The minimum absolute atomic E-state index is 0. The SMILES string of the molecule is Nc1cc(=[NH2+])ss1.[I-]. The van der Waals surface area contributed by atoms with E-state index in [9.17, 15) is 0 Å². The maximum Gasteiger partial charge on any atom is 0.265 e. The number of halogens is 1. The van der Waals surface area contributed by atoms with Crippen molar-refractivity contribution in [2.24, 2.45) is 0 Å². The van der Waals surface area contributed by atoms with Crippen LogP contribution in [-0.4, -0.2) is 0 Å². The molecule has 0 aliphatic rings. The number of hydrogen-bond donors (Lipinski definition) is 2. The summed E-state index contributed by atoms with van der Waals surface area (Å²) in [5.41, 5.74) is 5.33. The van der Waals surface area contributed by atoms with Gasteiger partial charge in [0.2, 0.25) is 0 Å². The summed E-state index contributed by atoms with van der Waals surface area (Å²) in [6, 6.07) is 1.76. The summed E-state index contributed by atoms with van der Waals surface area (Å²) in [4.78, 5) is 0. The van der Waals surface area contributed by atoms with Gasteiger partial charge < -0.3 is 29.7 Å². The number of rotatable bonds is 0. The van der Waals surface area contributed by atoms with Gasteiger partial charge in [0, 0.05) is 0 Å². The van der Waals surface area contributed by atoms with Gasteiger partial charge in [-0.25, -0.2) is 5.41 Å². The molecule has 1 heterocycles. The average molecular weight is 260 g/mol. The Morgan fingerprint density at radius 3 is 2.25 bits per heavy atom. The Labute approximate surface area is 71.3 Å². The van der Waals surface area contributed by atoms with E-state index in [1.807, 2.05) is 0 Å². The summed E-state index contributed by atoms with van der Waals surface area (Å²) < 4.78 is 0.794. The second-order valence-electron chi connectivity index (χ2n) is 1.12. The largest absolute Gasteiger partial charge is 1.00 e. The molecular weight excluding hydrogens is 255 g/mol. The molecule has 1 aromatic rings. The summed E-state index contributed by atoms with van der Waals surface area (Å²) in [7, 11) is 3.00. The summed E-state index contributed by atoms with van der Waals surface area (Å²) in [6.07, 6.45) is 0. The highest BCUT2D eigenvalue weighted by atomic mass is 127. The first-order valence-corrected chi connectivity index (χ1v) is 3.88. The van der Waals surface area contributed by atoms with Crippen LogP contribution in [0.5, 0.6) is 0 Å². The second-order valence-corrected chi connectivity index (χ2v) is 3.39. The van der Waals surface area contributed by atoms with Crippen molar-refractivity contribution in [3.63, 3.8) is 0 Å². The zero-order valence-electron chi connectivity index (χ0n) is 3.93. The van der Waals surface area contributed by atoms with Crippen LogP contribution in [0, 0.1) is 0 Å². The number of anilines is 1. The van der Waals surface area contributed by atoms with E-state index in [-0.39, 0.29) is 24.0 Å². The average Bonchev–Trinajstić information content (AvgIpc) is 1.87. The fourth-order valence-electron chi connectivity index (χ4n) is 0.285. The minimum Gasteiger partial charge on any atom is -1.00 e. The van der Waals surface area contributed by atoms with E-state index in [0.717, 1.165) is 9.67 Å². The van der Waals surface area contributed by atoms with Crippen LogP contribution in [0.2, 0.25) is 0 Å². The molecule has 0 radical (unpaired) electrons. The third-order valence-electron chi connectivity index (χ3n) is 0.519. The lowest BCUT2D eigenvalue weighted by Gasteiger charge is -1.65. The first-order valence-electron chi connectivity index (χ1n) is 1.73. The van der Waals surface area contributed by atoms with Gasteiger partial charge in [-0.05, 0) is 10.3 Å². The van der Waals surface area contributed by atoms with Gasteiger partial charge in [0.05, 0.1) is 6.07 Å². The third-order valence-corrected chi connectivity index (χ3v) is 2.63. The molecule has 1 aromatic heterocycles. The Morgan fingerprint density at radius 1 is 1.50 bits per heavy atom. The van der Waals surface area contributed by atoms with Crippen LogP contribution in [0.25, 0.3) is 0 Å². The highest BCUT2D eigenvalue weighted by molar-refractivity contribution is 7.69. The van der Waals surface area contributed by atoms with Crippen molar-refractivity contribution in [1.82, 2.24) is 0 Å². The summed E-state index contributed by atoms with van der Waals surface area (Å²) >= 11 is 0. The Kier molecular flexibility index (Phi) is 3.58. The molecule has 0 aromatic carbocycles. The topological polar surface area (TPSA) is 51.6 Å². The van der Waals surface area contributed by atoms with E-state index in [1.165, 1.54) is 20.7 Å². The van der Waals surface area contributed by atoms with Gasteiger partial charge in [0.25, 0.3) is 4.67 Å². The highest BCUT2D eigenvalue weighted by Gasteiger charge is 1.87. The molecule has 4 N–H and O–H groups in total. The molecule has 5 heteroatoms. The van der Waals surface area contributed by atoms with Crippen molar-refractivity contribution in [3.05, 3.63) is 10.7 Å². The van der Waals surface area contributed by atoms with Crippen molar-refractivity contribution >= 4 is 25.7 Å². The molecule has 0 unspecified atom stereocenters. The maximum atomic E-state index is 5.33. The molecule has 0 atom stereocenters. The number of hydrogen-bond acceptors (Lipinski definition) is 3. The number of nitrogens with two attached hydrogens (primary N) is 2. The van der Waals surface area contributed by atoms with Crippen molar-refractivity contribution in [1.29, 1.82) is 0 Å². The lowest BCUT2D eigenvalue weighted by molar-refractivity contribution is -0.166. The summed E-state index contributed by atoms with van der Waals surface area (Å²) in [6.45, 7) is 0. The van der Waals surface area contributed by atoms with Gasteiger partial charge in [-0.15, -0.1) is 0 Å². The van der Waals surface area contributed by atoms with Crippen molar-refractivity contribution in [2.45, 2.75) is 0 Å². The molecule has 0 saturated carbocycles. The van der Waals surface area contributed by atoms with E-state index in [4.69, 9.17) is 11.1 Å². The monoisotopic (exact) mass is 260 g/mol. The van der Waals surface area contributed by atoms with Crippen LogP contribution in [-0.2, 0) is 0 Å². The third kappa shape index (κ3) is 2.10. The van der Waals surface area contributed by atoms with Crippen molar-refractivity contribution in [3.8, 4) is 0 Å². The molecule has 0 saturated heterocycles. The summed E-state index contributed by atoms with van der Waals surface area (Å²) in [5.74, 6) is 0. The zero-order valence-corrected chi connectivity index (χ0v) is 7.72. The lowest BCUT2D eigenvalue weighted by Crippen LogP contribution is -3.00. The first-order chi connectivity index (χ1) is 3.29. The molecule has 2 nitrogen and oxygen atoms in total. The molecule has 8 heavy (non-hydrogen) atoms. The van der Waals surface area contributed by atoms with Crippen LogP contribution in [0.1, 0.15) is 0 Å². The molecule has 1 rings (SSSR count). The second kappa shape index (κ2) is 3.41. The van der Waals surface area contributed by atoms with Crippen LogP contribution >= 0.6 is 20.7 Å². The fourth-order valence-corrected chi connectivity index (χ4v) is 1.77. The molecule has 0 fully saturated rings. The minimum atomic E-state index is 0. The van der Waals surface area contributed by atoms with E-state index in [2.05, 4.69) is 0 Å². The van der Waals surface area contributed by atoms with Gasteiger partial charge in [-0.2, -0.15) is 0 Å². The quantitative estimate of drug-likeness (QED) is 0.363. The maximum absolute atomic E-state index is 5.33. The van der Waals surface area contributed by atoms with E-state index < -0.39 is 0 Å². The first kappa shape index (κ1) is 8.38. The van der Waals surface area contributed by atoms with E-state index in [1.54, 1.807) is 6.07 Å². The Balaban J connectivity index is 0.000000490. The summed E-state index contributed by atoms with van der Waals surface area (Å²) in [5, 5.41) is 6.12. The lowest BCUT2D eigenvalue weighted by atomic mass is 10.7. The van der Waals surface area contributed by atoms with Crippen molar-refractivity contribution < 1.29 is 29.4 Å². The molecule has 0 aliphatic carbocycles. The fraction of sp³-hybridized carbons (Fsp3) is 0. The molecule has 0 spiro atoms. The van der Waals surface area contributed by atoms with Crippen molar-refractivity contribution in [2.75, 3.05) is 5.73 Å². The van der Waals surface area contributed by atoms with Gasteiger partial charge in [-0.1, -0.05) is 10.3 Å². The van der Waals surface area contributed by atoms with Gasteiger partial charge in [0.15, 0.2) is 0 Å². The molecule has 0 aliphatic heterocycles. The number of nitrogen functional groups attached to an aromatic ring is 1. The molecule has 0 amide bonds.